The van der Waals surface area contributed by atoms with E-state index in [1.54, 1.807) is 12.1 Å². The van der Waals surface area contributed by atoms with Gasteiger partial charge in [-0.15, -0.1) is 0 Å². The number of hydrogen-bond acceptors (Lipinski definition) is 2. The molecule has 0 radical (unpaired) electrons. The molecule has 0 aromatic heterocycles. The Balaban J connectivity index is 3.00. The van der Waals surface area contributed by atoms with Gasteiger partial charge in [0.05, 0.1) is 4.90 Å². The Hall–Kier alpha value is -0.870. The van der Waals surface area contributed by atoms with E-state index in [2.05, 4.69) is 13.8 Å². The molecule has 1 rings (SSSR count). The molecular formula is C11H17NO2S. The molecule has 15 heavy (non-hydrogen) atoms. The summed E-state index contributed by atoms with van der Waals surface area (Å²) in [7, 11) is -3.56. The van der Waals surface area contributed by atoms with Crippen molar-refractivity contribution in [3.8, 4) is 0 Å². The van der Waals surface area contributed by atoms with Gasteiger partial charge < -0.3 is 0 Å². The summed E-state index contributed by atoms with van der Waals surface area (Å²) in [6.07, 6.45) is 2.12. The van der Waals surface area contributed by atoms with Crippen molar-refractivity contribution in [3.05, 3.63) is 29.8 Å². The Morgan fingerprint density at radius 2 is 1.60 bits per heavy atom. The Labute approximate surface area is 91.4 Å². The molecule has 1 aromatic carbocycles. The van der Waals surface area contributed by atoms with Gasteiger partial charge in [-0.05, 0) is 36.5 Å². The minimum Gasteiger partial charge on any atom is -0.225 e. The van der Waals surface area contributed by atoms with Gasteiger partial charge in [-0.25, -0.2) is 13.6 Å². The van der Waals surface area contributed by atoms with E-state index >= 15 is 0 Å². The van der Waals surface area contributed by atoms with E-state index in [-0.39, 0.29) is 4.90 Å². The lowest BCUT2D eigenvalue weighted by Crippen LogP contribution is -2.12. The summed E-state index contributed by atoms with van der Waals surface area (Å²) in [5.41, 5.74) is 1.17. The Morgan fingerprint density at radius 1 is 1.13 bits per heavy atom. The molecule has 0 aliphatic carbocycles. The van der Waals surface area contributed by atoms with Crippen molar-refractivity contribution in [1.82, 2.24) is 0 Å². The highest BCUT2D eigenvalue weighted by Gasteiger charge is 2.10. The Kier molecular flexibility index (Phi) is 3.88. The lowest BCUT2D eigenvalue weighted by molar-refractivity contribution is 0.597. The highest BCUT2D eigenvalue weighted by Crippen LogP contribution is 2.23. The van der Waals surface area contributed by atoms with Crippen LogP contribution in [0.25, 0.3) is 0 Å². The van der Waals surface area contributed by atoms with E-state index in [1.807, 2.05) is 12.1 Å². The van der Waals surface area contributed by atoms with Crippen molar-refractivity contribution in [3.63, 3.8) is 0 Å². The van der Waals surface area contributed by atoms with E-state index in [9.17, 15) is 8.42 Å². The third-order valence-electron chi connectivity index (χ3n) is 2.67. The Bertz CT molecular complexity index is 405. The second-order valence-electron chi connectivity index (χ2n) is 3.63. The zero-order chi connectivity index (χ0) is 11.5. The molecule has 4 heteroatoms. The Morgan fingerprint density at radius 3 is 1.93 bits per heavy atom. The molecule has 2 N–H and O–H groups in total. The van der Waals surface area contributed by atoms with Crippen molar-refractivity contribution < 1.29 is 8.42 Å². The van der Waals surface area contributed by atoms with Crippen molar-refractivity contribution >= 4 is 10.0 Å². The number of primary sulfonamides is 1. The maximum Gasteiger partial charge on any atom is 0.238 e. The minimum absolute atomic E-state index is 0.178. The van der Waals surface area contributed by atoms with Crippen molar-refractivity contribution in [2.45, 2.75) is 37.5 Å². The predicted octanol–water partition coefficient (Wildman–Crippen LogP) is 2.24. The van der Waals surface area contributed by atoms with Crippen LogP contribution in [-0.2, 0) is 10.0 Å². The molecule has 0 bridgehead atoms. The standard InChI is InChI=1S/C11H17NO2S/c1-3-9(4-2)10-5-7-11(8-6-10)15(12,13)14/h5-9H,3-4H2,1-2H3,(H2,12,13,14). The summed E-state index contributed by atoms with van der Waals surface area (Å²) in [4.78, 5) is 0.178. The smallest absolute Gasteiger partial charge is 0.225 e. The molecule has 0 aliphatic rings. The summed E-state index contributed by atoms with van der Waals surface area (Å²) in [6, 6.07) is 6.83. The molecule has 0 unspecified atom stereocenters. The SMILES string of the molecule is CCC(CC)c1ccc(S(N)(=O)=O)cc1. The average Bonchev–Trinajstić information content (AvgIpc) is 2.19. The molecule has 1 aromatic rings. The fourth-order valence-electron chi connectivity index (χ4n) is 1.69. The second-order valence-corrected chi connectivity index (χ2v) is 5.19. The van der Waals surface area contributed by atoms with Crippen LogP contribution < -0.4 is 5.14 Å². The minimum atomic E-state index is -3.56. The maximum absolute atomic E-state index is 11.0. The average molecular weight is 227 g/mol. The van der Waals surface area contributed by atoms with Crippen LogP contribution in [0.1, 0.15) is 38.2 Å². The largest absolute Gasteiger partial charge is 0.238 e. The zero-order valence-electron chi connectivity index (χ0n) is 9.10. The second kappa shape index (κ2) is 4.77. The number of nitrogens with two attached hydrogens (primary N) is 1. The number of hydrogen-bond donors (Lipinski definition) is 1. The predicted molar refractivity (Wildman–Crippen MR) is 61.1 cm³/mol. The van der Waals surface area contributed by atoms with Gasteiger partial charge in [-0.1, -0.05) is 26.0 Å². The van der Waals surface area contributed by atoms with Crippen LogP contribution in [0, 0.1) is 0 Å². The first-order chi connectivity index (χ1) is 6.99. The van der Waals surface area contributed by atoms with Crippen molar-refractivity contribution in [2.75, 3.05) is 0 Å². The van der Waals surface area contributed by atoms with Gasteiger partial charge >= 0.3 is 0 Å². The fraction of sp³-hybridized carbons (Fsp3) is 0.455. The fourth-order valence-corrected chi connectivity index (χ4v) is 2.21. The van der Waals surface area contributed by atoms with Crippen LogP contribution in [0.4, 0.5) is 0 Å². The van der Waals surface area contributed by atoms with Gasteiger partial charge in [0.25, 0.3) is 0 Å². The van der Waals surface area contributed by atoms with E-state index in [4.69, 9.17) is 5.14 Å². The van der Waals surface area contributed by atoms with Gasteiger partial charge in [0.1, 0.15) is 0 Å². The number of rotatable bonds is 4. The quantitative estimate of drug-likeness (QED) is 0.857. The molecular weight excluding hydrogens is 210 g/mol. The molecule has 84 valence electrons. The third-order valence-corrected chi connectivity index (χ3v) is 3.59. The van der Waals surface area contributed by atoms with Gasteiger partial charge in [-0.2, -0.15) is 0 Å². The van der Waals surface area contributed by atoms with Crippen LogP contribution in [0.2, 0.25) is 0 Å². The highest BCUT2D eigenvalue weighted by molar-refractivity contribution is 7.89. The van der Waals surface area contributed by atoms with E-state index in [0.717, 1.165) is 12.8 Å². The van der Waals surface area contributed by atoms with Gasteiger partial charge in [0.2, 0.25) is 10.0 Å². The maximum atomic E-state index is 11.0. The van der Waals surface area contributed by atoms with Crippen molar-refractivity contribution in [2.24, 2.45) is 5.14 Å². The topological polar surface area (TPSA) is 60.2 Å². The van der Waals surface area contributed by atoms with Crippen LogP contribution in [0.3, 0.4) is 0 Å². The number of benzene rings is 1. The first kappa shape index (κ1) is 12.2. The first-order valence-electron chi connectivity index (χ1n) is 5.11. The van der Waals surface area contributed by atoms with Crippen LogP contribution >= 0.6 is 0 Å². The van der Waals surface area contributed by atoms with Gasteiger partial charge in [-0.3, -0.25) is 0 Å². The number of sulfonamides is 1. The van der Waals surface area contributed by atoms with E-state index < -0.39 is 10.0 Å². The zero-order valence-corrected chi connectivity index (χ0v) is 9.92. The molecule has 0 aliphatic heterocycles. The molecule has 0 saturated heterocycles. The van der Waals surface area contributed by atoms with Crippen LogP contribution in [0.15, 0.2) is 29.2 Å². The normalized spacial score (nSPS) is 12.0. The third kappa shape index (κ3) is 3.04. The van der Waals surface area contributed by atoms with Gasteiger partial charge in [0, 0.05) is 0 Å². The summed E-state index contributed by atoms with van der Waals surface area (Å²) in [5.74, 6) is 0.500. The molecule has 0 fully saturated rings. The summed E-state index contributed by atoms with van der Waals surface area (Å²) >= 11 is 0. The molecule has 3 nitrogen and oxygen atoms in total. The van der Waals surface area contributed by atoms with E-state index in [0.29, 0.717) is 5.92 Å². The lowest BCUT2D eigenvalue weighted by Gasteiger charge is -2.12. The first-order valence-corrected chi connectivity index (χ1v) is 6.66. The van der Waals surface area contributed by atoms with E-state index in [1.165, 1.54) is 5.56 Å². The molecule has 0 heterocycles. The summed E-state index contributed by atoms with van der Waals surface area (Å²) in [6.45, 7) is 4.25. The van der Waals surface area contributed by atoms with Gasteiger partial charge in [0.15, 0.2) is 0 Å². The van der Waals surface area contributed by atoms with Crippen LogP contribution in [-0.4, -0.2) is 8.42 Å². The lowest BCUT2D eigenvalue weighted by atomic mass is 9.94. The molecule has 0 spiro atoms. The highest BCUT2D eigenvalue weighted by atomic mass is 32.2. The molecule has 0 amide bonds. The molecule has 0 atom stereocenters. The monoisotopic (exact) mass is 227 g/mol. The molecule has 0 saturated carbocycles. The van der Waals surface area contributed by atoms with Crippen molar-refractivity contribution in [1.29, 1.82) is 0 Å². The van der Waals surface area contributed by atoms with Crippen LogP contribution in [0.5, 0.6) is 0 Å². The summed E-state index contributed by atoms with van der Waals surface area (Å²) in [5, 5.41) is 5.02. The summed E-state index contributed by atoms with van der Waals surface area (Å²) < 4.78 is 22.1.